The number of likely N-dealkylation sites (tertiary alicyclic amines) is 2. The zero-order valence-corrected chi connectivity index (χ0v) is 20.6. The zero-order valence-electron chi connectivity index (χ0n) is 19.8. The Kier molecular flexibility index (Phi) is 11.5. The molecule has 1 N–H and O–H groups in total. The van der Waals surface area contributed by atoms with Gasteiger partial charge in [-0.1, -0.05) is 6.42 Å². The van der Waals surface area contributed by atoms with Crippen molar-refractivity contribution >= 4 is 23.2 Å². The number of carbonyl (C=O) groups is 2. The van der Waals surface area contributed by atoms with Crippen LogP contribution in [0.15, 0.2) is 5.38 Å². The number of piperidine rings is 2. The molecule has 2 fully saturated rings. The Morgan fingerprint density at radius 2 is 1.79 bits per heavy atom. The number of nitrogens with zero attached hydrogens (tertiary/aromatic N) is 3. The van der Waals surface area contributed by atoms with Crippen LogP contribution in [0.2, 0.25) is 0 Å². The number of amides is 2. The summed E-state index contributed by atoms with van der Waals surface area (Å²) in [6.07, 6.45) is 5.54. The van der Waals surface area contributed by atoms with E-state index in [9.17, 15) is 9.59 Å². The first-order valence-corrected chi connectivity index (χ1v) is 12.9. The van der Waals surface area contributed by atoms with E-state index in [1.54, 1.807) is 18.4 Å². The summed E-state index contributed by atoms with van der Waals surface area (Å²) in [5, 5.41) is 5.85. The molecule has 1 aromatic rings. The first-order valence-electron chi connectivity index (χ1n) is 12.1. The fourth-order valence-corrected chi connectivity index (χ4v) is 5.14. The van der Waals surface area contributed by atoms with Crippen LogP contribution < -0.4 is 5.32 Å². The van der Waals surface area contributed by atoms with Crippen LogP contribution in [0, 0.1) is 0 Å². The minimum atomic E-state index is -0.0922. The molecule has 10 heteroatoms. The minimum absolute atomic E-state index is 0.0123. The number of carbonyl (C=O) groups excluding carboxylic acids is 2. The Bertz CT molecular complexity index is 717. The van der Waals surface area contributed by atoms with Crippen LogP contribution in [0.5, 0.6) is 0 Å². The molecule has 0 unspecified atom stereocenters. The summed E-state index contributed by atoms with van der Waals surface area (Å²) in [5.41, 5.74) is 0.508. The van der Waals surface area contributed by atoms with Gasteiger partial charge in [-0.25, -0.2) is 4.98 Å². The maximum Gasteiger partial charge on any atom is 0.270 e. The Balaban J connectivity index is 1.31. The van der Waals surface area contributed by atoms with E-state index in [-0.39, 0.29) is 18.4 Å². The van der Waals surface area contributed by atoms with Crippen molar-refractivity contribution in [2.75, 3.05) is 79.4 Å². The summed E-state index contributed by atoms with van der Waals surface area (Å²) >= 11 is 1.55. The first-order chi connectivity index (χ1) is 16.2. The van der Waals surface area contributed by atoms with Gasteiger partial charge < -0.3 is 29.3 Å². The van der Waals surface area contributed by atoms with E-state index in [1.807, 2.05) is 10.3 Å². The molecular weight excluding hydrogens is 444 g/mol. The van der Waals surface area contributed by atoms with E-state index < -0.39 is 0 Å². The normalized spacial score (nSPS) is 17.9. The summed E-state index contributed by atoms with van der Waals surface area (Å²) in [4.78, 5) is 33.7. The maximum absolute atomic E-state index is 12.5. The highest BCUT2D eigenvalue weighted by molar-refractivity contribution is 7.09. The third-order valence-corrected chi connectivity index (χ3v) is 7.15. The molecule has 0 atom stereocenters. The molecule has 1 aromatic heterocycles. The van der Waals surface area contributed by atoms with E-state index in [0.29, 0.717) is 57.7 Å². The maximum atomic E-state index is 12.5. The molecule has 3 heterocycles. The van der Waals surface area contributed by atoms with Crippen LogP contribution >= 0.6 is 11.3 Å². The van der Waals surface area contributed by atoms with E-state index in [4.69, 9.17) is 14.2 Å². The molecule has 33 heavy (non-hydrogen) atoms. The first kappa shape index (κ1) is 26.0. The second-order valence-electron chi connectivity index (χ2n) is 8.54. The van der Waals surface area contributed by atoms with Crippen LogP contribution in [0.4, 0.5) is 0 Å². The number of ether oxygens (including phenoxy) is 3. The number of methoxy groups -OCH3 is 1. The van der Waals surface area contributed by atoms with Crippen molar-refractivity contribution in [1.82, 2.24) is 20.1 Å². The van der Waals surface area contributed by atoms with E-state index in [0.717, 1.165) is 37.5 Å². The highest BCUT2D eigenvalue weighted by Gasteiger charge is 2.26. The molecule has 186 valence electrons. The topological polar surface area (TPSA) is 93.2 Å². The lowest BCUT2D eigenvalue weighted by Gasteiger charge is -2.31. The van der Waals surface area contributed by atoms with Gasteiger partial charge in [0.1, 0.15) is 12.3 Å². The highest BCUT2D eigenvalue weighted by atomic mass is 32.1. The van der Waals surface area contributed by atoms with Gasteiger partial charge in [0.15, 0.2) is 0 Å². The molecule has 2 aliphatic rings. The molecule has 2 amide bonds. The largest absolute Gasteiger partial charge is 0.382 e. The van der Waals surface area contributed by atoms with Crippen molar-refractivity contribution in [1.29, 1.82) is 0 Å². The van der Waals surface area contributed by atoms with Crippen LogP contribution in [0.3, 0.4) is 0 Å². The average molecular weight is 483 g/mol. The lowest BCUT2D eigenvalue weighted by Crippen LogP contribution is -2.40. The number of hydrogen-bond acceptors (Lipinski definition) is 8. The standard InChI is InChI=1S/C23H38N4O5S/c1-30-13-14-31-15-16-32-17-21(28)27-10-5-19(6-11-27)23-25-20(18-33-23)22(29)24-7-12-26-8-3-2-4-9-26/h18-19H,2-17H2,1H3,(H,24,29). The Labute approximate surface area is 200 Å². The minimum Gasteiger partial charge on any atom is -0.382 e. The molecule has 2 aliphatic heterocycles. The molecule has 0 aliphatic carbocycles. The quantitative estimate of drug-likeness (QED) is 0.428. The van der Waals surface area contributed by atoms with E-state index in [2.05, 4.69) is 15.2 Å². The molecule has 0 bridgehead atoms. The zero-order chi connectivity index (χ0) is 23.3. The molecule has 0 aromatic carbocycles. The molecule has 0 spiro atoms. The summed E-state index contributed by atoms with van der Waals surface area (Å²) in [7, 11) is 1.63. The van der Waals surface area contributed by atoms with Crippen LogP contribution in [0.1, 0.15) is 53.5 Å². The van der Waals surface area contributed by atoms with Gasteiger partial charge in [0.25, 0.3) is 5.91 Å². The predicted molar refractivity (Wildman–Crippen MR) is 127 cm³/mol. The number of thiazole rings is 1. The molecule has 9 nitrogen and oxygen atoms in total. The van der Waals surface area contributed by atoms with Gasteiger partial charge in [0.2, 0.25) is 5.91 Å². The van der Waals surface area contributed by atoms with Gasteiger partial charge in [-0.15, -0.1) is 11.3 Å². The fourth-order valence-electron chi connectivity index (χ4n) is 4.17. The van der Waals surface area contributed by atoms with Crippen molar-refractivity contribution < 1.29 is 23.8 Å². The average Bonchev–Trinajstić information content (AvgIpc) is 3.35. The van der Waals surface area contributed by atoms with E-state index in [1.165, 1.54) is 19.3 Å². The van der Waals surface area contributed by atoms with Crippen molar-refractivity contribution in [3.63, 3.8) is 0 Å². The van der Waals surface area contributed by atoms with Crippen LogP contribution in [0.25, 0.3) is 0 Å². The van der Waals surface area contributed by atoms with Crippen LogP contribution in [-0.2, 0) is 19.0 Å². The number of rotatable bonds is 13. The lowest BCUT2D eigenvalue weighted by molar-refractivity contribution is -0.137. The van der Waals surface area contributed by atoms with Crippen molar-refractivity contribution in [3.05, 3.63) is 16.1 Å². The second kappa shape index (κ2) is 14.6. The lowest BCUT2D eigenvalue weighted by atomic mass is 9.97. The number of hydrogen-bond donors (Lipinski definition) is 1. The molecule has 0 radical (unpaired) electrons. The van der Waals surface area contributed by atoms with Gasteiger partial charge in [-0.3, -0.25) is 9.59 Å². The number of aromatic nitrogens is 1. The third-order valence-electron chi connectivity index (χ3n) is 6.14. The van der Waals surface area contributed by atoms with Gasteiger partial charge in [0, 0.05) is 44.6 Å². The summed E-state index contributed by atoms with van der Waals surface area (Å²) in [5.74, 6) is 0.216. The van der Waals surface area contributed by atoms with Gasteiger partial charge >= 0.3 is 0 Å². The van der Waals surface area contributed by atoms with Gasteiger partial charge in [0.05, 0.1) is 31.4 Å². The molecule has 2 saturated heterocycles. The highest BCUT2D eigenvalue weighted by Crippen LogP contribution is 2.30. The Morgan fingerprint density at radius 1 is 1.06 bits per heavy atom. The van der Waals surface area contributed by atoms with E-state index >= 15 is 0 Å². The molecule has 3 rings (SSSR count). The fraction of sp³-hybridized carbons (Fsp3) is 0.783. The Morgan fingerprint density at radius 3 is 2.55 bits per heavy atom. The van der Waals surface area contributed by atoms with Gasteiger partial charge in [-0.05, 0) is 38.8 Å². The third kappa shape index (κ3) is 8.94. The van der Waals surface area contributed by atoms with Gasteiger partial charge in [-0.2, -0.15) is 0 Å². The summed E-state index contributed by atoms with van der Waals surface area (Å²) in [6, 6.07) is 0. The van der Waals surface area contributed by atoms with Crippen molar-refractivity contribution in [2.45, 2.75) is 38.0 Å². The smallest absolute Gasteiger partial charge is 0.270 e. The molecular formula is C23H38N4O5S. The predicted octanol–water partition coefficient (Wildman–Crippen LogP) is 1.74. The summed E-state index contributed by atoms with van der Waals surface area (Å²) < 4.78 is 15.7. The SMILES string of the molecule is COCCOCCOCC(=O)N1CCC(c2nc(C(=O)NCCN3CCCCC3)cs2)CC1. The van der Waals surface area contributed by atoms with Crippen molar-refractivity contribution in [2.24, 2.45) is 0 Å². The number of nitrogens with one attached hydrogen (secondary N) is 1. The summed E-state index contributed by atoms with van der Waals surface area (Å²) in [6.45, 7) is 7.22. The second-order valence-corrected chi connectivity index (χ2v) is 9.43. The molecule has 0 saturated carbocycles. The van der Waals surface area contributed by atoms with Crippen molar-refractivity contribution in [3.8, 4) is 0 Å². The monoisotopic (exact) mass is 482 g/mol. The Hall–Kier alpha value is -1.59. The van der Waals surface area contributed by atoms with Crippen LogP contribution in [-0.4, -0.2) is 106 Å².